The molecule has 1 amide bonds. The van der Waals surface area contributed by atoms with Crippen LogP contribution >= 0.6 is 0 Å². The number of aromatic nitrogens is 1. The summed E-state index contributed by atoms with van der Waals surface area (Å²) in [6.07, 6.45) is 7.53. The largest absolute Gasteiger partial charge is 0.388 e. The number of nitrogens with zero attached hydrogens (tertiary/aromatic N) is 2. The first kappa shape index (κ1) is 12.7. The van der Waals surface area contributed by atoms with E-state index in [0.717, 1.165) is 57.3 Å². The summed E-state index contributed by atoms with van der Waals surface area (Å²) in [6.45, 7) is 2.61. The van der Waals surface area contributed by atoms with Crippen molar-refractivity contribution in [2.24, 2.45) is 0 Å². The Morgan fingerprint density at radius 2 is 2.11 bits per heavy atom. The molecule has 3 rings (SSSR count). The van der Waals surface area contributed by atoms with Crippen molar-refractivity contribution in [3.63, 3.8) is 0 Å². The van der Waals surface area contributed by atoms with Crippen LogP contribution in [0.3, 0.4) is 0 Å². The predicted molar refractivity (Wildman–Crippen MR) is 72.8 cm³/mol. The summed E-state index contributed by atoms with van der Waals surface area (Å²) in [5.74, 6) is 0.274. The average Bonchev–Trinajstić information content (AvgIpc) is 3.06. The summed E-state index contributed by atoms with van der Waals surface area (Å²) in [5, 5.41) is 9.94. The minimum atomic E-state index is -0.306. The zero-order chi connectivity index (χ0) is 13.2. The van der Waals surface area contributed by atoms with Gasteiger partial charge in [0.05, 0.1) is 6.10 Å². The van der Waals surface area contributed by atoms with Crippen molar-refractivity contribution in [3.05, 3.63) is 23.5 Å². The Bertz CT molecular complexity index is 461. The molecule has 1 aliphatic carbocycles. The molecule has 1 fully saturated rings. The van der Waals surface area contributed by atoms with E-state index in [1.165, 1.54) is 5.69 Å². The second-order valence-corrected chi connectivity index (χ2v) is 5.66. The molecule has 0 spiro atoms. The van der Waals surface area contributed by atoms with Gasteiger partial charge in [-0.3, -0.25) is 4.79 Å². The van der Waals surface area contributed by atoms with E-state index in [-0.39, 0.29) is 12.0 Å². The summed E-state index contributed by atoms with van der Waals surface area (Å²) >= 11 is 0. The van der Waals surface area contributed by atoms with Crippen LogP contribution in [0.5, 0.6) is 0 Å². The van der Waals surface area contributed by atoms with Crippen molar-refractivity contribution in [2.45, 2.75) is 51.2 Å². The van der Waals surface area contributed by atoms with E-state index in [2.05, 4.69) is 4.57 Å². The topological polar surface area (TPSA) is 45.5 Å². The monoisotopic (exact) mass is 262 g/mol. The van der Waals surface area contributed by atoms with Crippen molar-refractivity contribution in [1.29, 1.82) is 0 Å². The highest BCUT2D eigenvalue weighted by Crippen LogP contribution is 2.30. The second kappa shape index (κ2) is 5.37. The van der Waals surface area contributed by atoms with Crippen molar-refractivity contribution in [3.8, 4) is 0 Å². The van der Waals surface area contributed by atoms with E-state index in [0.29, 0.717) is 6.42 Å². The van der Waals surface area contributed by atoms with Crippen LogP contribution in [-0.2, 0) is 17.8 Å². The van der Waals surface area contributed by atoms with E-state index in [1.54, 1.807) is 0 Å². The van der Waals surface area contributed by atoms with Gasteiger partial charge in [-0.15, -0.1) is 0 Å². The van der Waals surface area contributed by atoms with Crippen LogP contribution in [0.15, 0.2) is 12.3 Å². The number of carbonyl (C=O) groups excluding carboxylic acids is 1. The lowest BCUT2D eigenvalue weighted by Gasteiger charge is -2.21. The molecule has 2 heterocycles. The standard InChI is InChI=1S/C15H22N2O2/c18-14-5-3-4-13-12(14)6-10-16(13)11-7-15(19)17-8-1-2-9-17/h6,10,14,18H,1-5,7-9,11H2. The smallest absolute Gasteiger partial charge is 0.224 e. The van der Waals surface area contributed by atoms with Crippen molar-refractivity contribution in [1.82, 2.24) is 9.47 Å². The van der Waals surface area contributed by atoms with Crippen LogP contribution in [0.1, 0.15) is 49.5 Å². The van der Waals surface area contributed by atoms with E-state index in [9.17, 15) is 9.90 Å². The third-order valence-electron chi connectivity index (χ3n) is 4.39. The SMILES string of the molecule is O=C(CCn1ccc2c1CCCC2O)N1CCCC1. The van der Waals surface area contributed by atoms with Gasteiger partial charge in [0.1, 0.15) is 0 Å². The normalized spacial score (nSPS) is 22.6. The number of carbonyl (C=O) groups is 1. The van der Waals surface area contributed by atoms with E-state index in [4.69, 9.17) is 0 Å². The Balaban J connectivity index is 1.62. The fourth-order valence-electron chi connectivity index (χ4n) is 3.28. The van der Waals surface area contributed by atoms with Gasteiger partial charge in [-0.2, -0.15) is 0 Å². The molecule has 4 nitrogen and oxygen atoms in total. The summed E-state index contributed by atoms with van der Waals surface area (Å²) in [4.78, 5) is 14.0. The molecule has 0 radical (unpaired) electrons. The predicted octanol–water partition coefficient (Wildman–Crippen LogP) is 1.87. The number of likely N-dealkylation sites (tertiary alicyclic amines) is 1. The van der Waals surface area contributed by atoms with Crippen molar-refractivity contribution >= 4 is 5.91 Å². The average molecular weight is 262 g/mol. The van der Waals surface area contributed by atoms with Crippen LogP contribution in [0.2, 0.25) is 0 Å². The summed E-state index contributed by atoms with van der Waals surface area (Å²) in [7, 11) is 0. The van der Waals surface area contributed by atoms with Gasteiger partial charge in [-0.1, -0.05) is 0 Å². The Hall–Kier alpha value is -1.29. The lowest BCUT2D eigenvalue weighted by atomic mass is 9.95. The summed E-state index contributed by atoms with van der Waals surface area (Å²) in [6, 6.07) is 2.01. The van der Waals surface area contributed by atoms with Crippen LogP contribution in [0.4, 0.5) is 0 Å². The number of rotatable bonds is 3. The first-order valence-corrected chi connectivity index (χ1v) is 7.39. The fraction of sp³-hybridized carbons (Fsp3) is 0.667. The molecule has 1 aromatic heterocycles. The maximum Gasteiger partial charge on any atom is 0.224 e. The van der Waals surface area contributed by atoms with Gasteiger partial charge in [-0.25, -0.2) is 0 Å². The quantitative estimate of drug-likeness (QED) is 0.904. The molecule has 19 heavy (non-hydrogen) atoms. The van der Waals surface area contributed by atoms with Crippen LogP contribution in [0.25, 0.3) is 0 Å². The number of amides is 1. The maximum absolute atomic E-state index is 12.0. The van der Waals surface area contributed by atoms with E-state index >= 15 is 0 Å². The molecular formula is C15H22N2O2. The molecule has 1 atom stereocenters. The molecule has 1 aromatic rings. The number of aliphatic hydroxyl groups excluding tert-OH is 1. The zero-order valence-corrected chi connectivity index (χ0v) is 11.3. The van der Waals surface area contributed by atoms with E-state index in [1.807, 2.05) is 17.2 Å². The van der Waals surface area contributed by atoms with Gasteiger partial charge in [0.25, 0.3) is 0 Å². The summed E-state index contributed by atoms with van der Waals surface area (Å²) < 4.78 is 2.16. The third-order valence-corrected chi connectivity index (χ3v) is 4.39. The molecule has 0 bridgehead atoms. The number of aliphatic hydroxyl groups is 1. The van der Waals surface area contributed by atoms with Crippen molar-refractivity contribution in [2.75, 3.05) is 13.1 Å². The number of hydrogen-bond donors (Lipinski definition) is 1. The Morgan fingerprint density at radius 1 is 1.32 bits per heavy atom. The van der Waals surface area contributed by atoms with Crippen LogP contribution in [-0.4, -0.2) is 33.6 Å². The highest BCUT2D eigenvalue weighted by Gasteiger charge is 2.22. The molecule has 1 aliphatic heterocycles. The lowest BCUT2D eigenvalue weighted by molar-refractivity contribution is -0.130. The third kappa shape index (κ3) is 2.54. The van der Waals surface area contributed by atoms with E-state index < -0.39 is 0 Å². The minimum Gasteiger partial charge on any atom is -0.388 e. The molecule has 4 heteroatoms. The van der Waals surface area contributed by atoms with Gasteiger partial charge in [-0.05, 0) is 38.2 Å². The zero-order valence-electron chi connectivity index (χ0n) is 11.3. The molecule has 2 aliphatic rings. The molecular weight excluding hydrogens is 240 g/mol. The fourth-order valence-corrected chi connectivity index (χ4v) is 3.28. The van der Waals surface area contributed by atoms with Gasteiger partial charge >= 0.3 is 0 Å². The second-order valence-electron chi connectivity index (χ2n) is 5.66. The highest BCUT2D eigenvalue weighted by molar-refractivity contribution is 5.76. The first-order chi connectivity index (χ1) is 9.25. The van der Waals surface area contributed by atoms with Gasteiger partial charge in [0.15, 0.2) is 0 Å². The lowest BCUT2D eigenvalue weighted by Crippen LogP contribution is -2.28. The summed E-state index contributed by atoms with van der Waals surface area (Å²) in [5.41, 5.74) is 2.30. The number of fused-ring (bicyclic) bond motifs is 1. The van der Waals surface area contributed by atoms with Crippen LogP contribution < -0.4 is 0 Å². The first-order valence-electron chi connectivity index (χ1n) is 7.39. The maximum atomic E-state index is 12.0. The number of hydrogen-bond acceptors (Lipinski definition) is 2. The van der Waals surface area contributed by atoms with Gasteiger partial charge < -0.3 is 14.6 Å². The highest BCUT2D eigenvalue weighted by atomic mass is 16.3. The molecule has 0 saturated carbocycles. The van der Waals surface area contributed by atoms with Gasteiger partial charge in [0, 0.05) is 43.5 Å². The number of aryl methyl sites for hydroxylation is 1. The van der Waals surface area contributed by atoms with Gasteiger partial charge in [0.2, 0.25) is 5.91 Å². The minimum absolute atomic E-state index is 0.274. The Morgan fingerprint density at radius 3 is 2.89 bits per heavy atom. The molecule has 1 saturated heterocycles. The molecule has 1 unspecified atom stereocenters. The molecule has 104 valence electrons. The van der Waals surface area contributed by atoms with Crippen molar-refractivity contribution < 1.29 is 9.90 Å². The molecule has 1 N–H and O–H groups in total. The Kier molecular flexibility index (Phi) is 3.60. The molecule has 0 aromatic carbocycles. The Labute approximate surface area is 114 Å². The van der Waals surface area contributed by atoms with Crippen LogP contribution in [0, 0.1) is 0 Å².